The number of hydrogen-bond acceptors (Lipinski definition) is 2. The molecule has 4 N–H and O–H groups in total. The van der Waals surface area contributed by atoms with Gasteiger partial charge in [-0.25, -0.2) is 0 Å². The quantitative estimate of drug-likeness (QED) is 0.613. The number of hydrogen-bond donors (Lipinski definition) is 3. The molecule has 1 unspecified atom stereocenters. The lowest BCUT2D eigenvalue weighted by Crippen LogP contribution is -2.39. The van der Waals surface area contributed by atoms with Gasteiger partial charge in [0.2, 0.25) is 0 Å². The van der Waals surface area contributed by atoms with E-state index in [2.05, 4.69) is 5.32 Å². The van der Waals surface area contributed by atoms with E-state index >= 15 is 0 Å². The van der Waals surface area contributed by atoms with Crippen LogP contribution >= 0.6 is 34.0 Å². The smallest absolute Gasteiger partial charge is 0.0947 e. The minimum Gasteiger partial charge on any atom is -0.374 e. The fourth-order valence-electron chi connectivity index (χ4n) is 0.845. The van der Waals surface area contributed by atoms with E-state index in [4.69, 9.17) is 11.1 Å². The van der Waals surface area contributed by atoms with E-state index in [1.807, 2.05) is 0 Å². The van der Waals surface area contributed by atoms with Crippen LogP contribution in [0.5, 0.6) is 0 Å². The summed E-state index contributed by atoms with van der Waals surface area (Å²) in [4.78, 5) is 0. The molecule has 0 saturated carbocycles. The number of amidine groups is 1. The Morgan fingerprint density at radius 2 is 2.10 bits per heavy atom. The van der Waals surface area contributed by atoms with Gasteiger partial charge in [0.05, 0.1) is 5.84 Å². The number of nitrogens with one attached hydrogen (secondary N) is 2. The molecule has 3 nitrogen and oxygen atoms in total. The molecule has 0 aromatic heterocycles. The molecule has 0 bridgehead atoms. The Morgan fingerprint density at radius 3 is 2.40 bits per heavy atom. The third-order valence-electron chi connectivity index (χ3n) is 1.32. The van der Waals surface area contributed by atoms with Gasteiger partial charge in [0.15, 0.2) is 0 Å². The molecule has 0 aliphatic carbocycles. The molecule has 5 heteroatoms. The highest BCUT2D eigenvalue weighted by atomic mass is 79.9. The Hall–Kier alpha value is 0.390. The first-order valence-corrected chi connectivity index (χ1v) is 2.86. The van der Waals surface area contributed by atoms with Gasteiger partial charge in [-0.15, -0.1) is 34.0 Å². The molecule has 10 heavy (non-hydrogen) atoms. The van der Waals surface area contributed by atoms with Crippen LogP contribution < -0.4 is 11.1 Å². The molecular formula is C5H13Br2N3. The zero-order valence-electron chi connectivity index (χ0n) is 5.59. The molecule has 0 aromatic carbocycles. The Bertz CT molecular complexity index is 107. The van der Waals surface area contributed by atoms with E-state index < -0.39 is 0 Å². The predicted molar refractivity (Wildman–Crippen MR) is 53.6 cm³/mol. The van der Waals surface area contributed by atoms with Gasteiger partial charge >= 0.3 is 0 Å². The maximum Gasteiger partial charge on any atom is 0.0947 e. The number of halogens is 2. The molecule has 0 amide bonds. The topological polar surface area (TPSA) is 61.9 Å². The summed E-state index contributed by atoms with van der Waals surface area (Å²) in [6.45, 7) is 0.875. The van der Waals surface area contributed by atoms with Gasteiger partial charge in [-0.2, -0.15) is 0 Å². The SMILES string of the molecule is Br.Br.N=C1CC(N)CCN1. The highest BCUT2D eigenvalue weighted by Crippen LogP contribution is 1.98. The summed E-state index contributed by atoms with van der Waals surface area (Å²) in [5.41, 5.74) is 5.54. The minimum absolute atomic E-state index is 0. The van der Waals surface area contributed by atoms with Crippen molar-refractivity contribution in [3.05, 3.63) is 0 Å². The van der Waals surface area contributed by atoms with Crippen molar-refractivity contribution in [2.45, 2.75) is 18.9 Å². The molecule has 0 aromatic rings. The van der Waals surface area contributed by atoms with Crippen molar-refractivity contribution < 1.29 is 0 Å². The number of piperidine rings is 1. The van der Waals surface area contributed by atoms with Crippen LogP contribution in [0.3, 0.4) is 0 Å². The van der Waals surface area contributed by atoms with Gasteiger partial charge < -0.3 is 11.1 Å². The van der Waals surface area contributed by atoms with E-state index in [0.29, 0.717) is 5.84 Å². The van der Waals surface area contributed by atoms with Crippen LogP contribution in [-0.2, 0) is 0 Å². The average molecular weight is 275 g/mol. The molecule has 1 aliphatic heterocycles. The first-order chi connectivity index (χ1) is 3.79. The largest absolute Gasteiger partial charge is 0.374 e. The summed E-state index contributed by atoms with van der Waals surface area (Å²) < 4.78 is 0. The lowest BCUT2D eigenvalue weighted by molar-refractivity contribution is 0.573. The van der Waals surface area contributed by atoms with Crippen molar-refractivity contribution in [2.24, 2.45) is 5.73 Å². The Labute approximate surface area is 81.8 Å². The first-order valence-electron chi connectivity index (χ1n) is 2.86. The lowest BCUT2D eigenvalue weighted by atomic mass is 10.1. The van der Waals surface area contributed by atoms with Gasteiger partial charge in [-0.3, -0.25) is 5.41 Å². The van der Waals surface area contributed by atoms with Crippen molar-refractivity contribution in [1.29, 1.82) is 5.41 Å². The standard InChI is InChI=1S/C5H11N3.2BrH/c6-4-1-2-8-5(7)3-4;;/h4H,1-3,6H2,(H2,7,8);2*1H. The average Bonchev–Trinajstić information content (AvgIpc) is 1.64. The van der Waals surface area contributed by atoms with E-state index in [1.54, 1.807) is 0 Å². The normalized spacial score (nSPS) is 23.7. The first kappa shape index (κ1) is 13.0. The summed E-state index contributed by atoms with van der Waals surface area (Å²) in [6.07, 6.45) is 1.72. The predicted octanol–water partition coefficient (Wildman–Crippen LogP) is 0.830. The summed E-state index contributed by atoms with van der Waals surface area (Å²) in [6, 6.07) is 0.226. The van der Waals surface area contributed by atoms with E-state index in [0.717, 1.165) is 19.4 Å². The van der Waals surface area contributed by atoms with E-state index in [9.17, 15) is 0 Å². The zero-order chi connectivity index (χ0) is 5.98. The molecule has 1 fully saturated rings. The van der Waals surface area contributed by atoms with Crippen molar-refractivity contribution in [3.63, 3.8) is 0 Å². The monoisotopic (exact) mass is 273 g/mol. The Balaban J connectivity index is 0. The van der Waals surface area contributed by atoms with Crippen LogP contribution in [0.15, 0.2) is 0 Å². The molecule has 0 radical (unpaired) electrons. The number of nitrogens with two attached hydrogens (primary N) is 1. The van der Waals surface area contributed by atoms with Crippen LogP contribution in [0.2, 0.25) is 0 Å². The van der Waals surface area contributed by atoms with Crippen LogP contribution in [-0.4, -0.2) is 18.4 Å². The molecule has 62 valence electrons. The molecule has 1 atom stereocenters. The second-order valence-electron chi connectivity index (χ2n) is 2.16. The van der Waals surface area contributed by atoms with Crippen LogP contribution in [0, 0.1) is 5.41 Å². The molecule has 1 heterocycles. The van der Waals surface area contributed by atoms with E-state index in [-0.39, 0.29) is 40.0 Å². The van der Waals surface area contributed by atoms with Crippen molar-refractivity contribution in [3.8, 4) is 0 Å². The van der Waals surface area contributed by atoms with Crippen molar-refractivity contribution >= 4 is 39.8 Å². The van der Waals surface area contributed by atoms with Gasteiger partial charge in [0.1, 0.15) is 0 Å². The molecule has 1 rings (SSSR count). The Kier molecular flexibility index (Phi) is 7.97. The summed E-state index contributed by atoms with van der Waals surface area (Å²) >= 11 is 0. The molecule has 1 saturated heterocycles. The highest BCUT2D eigenvalue weighted by Gasteiger charge is 2.10. The zero-order valence-corrected chi connectivity index (χ0v) is 9.02. The van der Waals surface area contributed by atoms with Gasteiger partial charge in [0.25, 0.3) is 0 Å². The molecule has 1 aliphatic rings. The van der Waals surface area contributed by atoms with Crippen LogP contribution in [0.4, 0.5) is 0 Å². The maximum atomic E-state index is 7.13. The fraction of sp³-hybridized carbons (Fsp3) is 0.800. The minimum atomic E-state index is 0. The van der Waals surface area contributed by atoms with Crippen LogP contribution in [0.1, 0.15) is 12.8 Å². The third-order valence-corrected chi connectivity index (χ3v) is 1.32. The third kappa shape index (κ3) is 4.24. The van der Waals surface area contributed by atoms with Crippen molar-refractivity contribution in [1.82, 2.24) is 5.32 Å². The summed E-state index contributed by atoms with van der Waals surface area (Å²) in [7, 11) is 0. The summed E-state index contributed by atoms with van der Waals surface area (Å²) in [5, 5.41) is 10.0. The second-order valence-corrected chi connectivity index (χ2v) is 2.16. The highest BCUT2D eigenvalue weighted by molar-refractivity contribution is 8.93. The summed E-state index contributed by atoms with van der Waals surface area (Å²) in [5.74, 6) is 0.587. The maximum absolute atomic E-state index is 7.13. The number of rotatable bonds is 0. The molecule has 0 spiro atoms. The fourth-order valence-corrected chi connectivity index (χ4v) is 0.845. The van der Waals surface area contributed by atoms with Gasteiger partial charge in [0, 0.05) is 19.0 Å². The van der Waals surface area contributed by atoms with E-state index in [1.165, 1.54) is 0 Å². The van der Waals surface area contributed by atoms with Gasteiger partial charge in [-0.05, 0) is 6.42 Å². The Morgan fingerprint density at radius 1 is 1.50 bits per heavy atom. The van der Waals surface area contributed by atoms with Gasteiger partial charge in [-0.1, -0.05) is 0 Å². The van der Waals surface area contributed by atoms with Crippen molar-refractivity contribution in [2.75, 3.05) is 6.54 Å². The molecular weight excluding hydrogens is 262 g/mol. The lowest BCUT2D eigenvalue weighted by Gasteiger charge is -2.19. The second kappa shape index (κ2) is 6.12. The van der Waals surface area contributed by atoms with Crippen LogP contribution in [0.25, 0.3) is 0 Å².